The summed E-state index contributed by atoms with van der Waals surface area (Å²) in [4.78, 5) is 24.9. The molecule has 36 heavy (non-hydrogen) atoms. The second kappa shape index (κ2) is 13.8. The van der Waals surface area contributed by atoms with Crippen molar-refractivity contribution in [2.45, 2.75) is 65.1 Å². The van der Waals surface area contributed by atoms with Crippen LogP contribution in [-0.2, 0) is 35.9 Å². The van der Waals surface area contributed by atoms with E-state index in [1.807, 2.05) is 6.92 Å². The number of aliphatic carboxylic acids is 2. The highest BCUT2D eigenvalue weighted by Crippen LogP contribution is 2.19. The number of hydrogen-bond acceptors (Lipinski definition) is 6. The van der Waals surface area contributed by atoms with Gasteiger partial charge < -0.3 is 40.4 Å². The van der Waals surface area contributed by atoms with Crippen LogP contribution in [0.5, 0.6) is 11.5 Å². The molecule has 0 saturated carbocycles. The van der Waals surface area contributed by atoms with E-state index in [4.69, 9.17) is 0 Å². The molecule has 0 bridgehead atoms. The van der Waals surface area contributed by atoms with Crippen LogP contribution < -0.4 is 9.80 Å². The lowest BCUT2D eigenvalue weighted by Crippen LogP contribution is -3.22. The topological polar surface area (TPSA) is 164 Å². The van der Waals surface area contributed by atoms with Crippen LogP contribution >= 0.6 is 0 Å². The fraction of sp³-hybridized carbons (Fsp3) is 0.462. The molecule has 0 aromatic heterocycles. The second-order valence-corrected chi connectivity index (χ2v) is 9.18. The lowest BCUT2D eigenvalue weighted by atomic mass is 10.0. The number of phenolic OH excluding ortho intramolecular Hbond substituents is 2. The first-order valence-electron chi connectivity index (χ1n) is 12.1. The maximum Gasteiger partial charge on any atom is 0.362 e. The maximum atomic E-state index is 11.8. The fourth-order valence-corrected chi connectivity index (χ4v) is 4.40. The minimum Gasteiger partial charge on any atom is -0.507 e. The van der Waals surface area contributed by atoms with Crippen LogP contribution in [0.25, 0.3) is 0 Å². The summed E-state index contributed by atoms with van der Waals surface area (Å²) in [6.07, 6.45) is 0.481. The number of aliphatic hydroxyl groups excluding tert-OH is 2. The number of carbonyl (C=O) groups is 2. The molecule has 4 unspecified atom stereocenters. The van der Waals surface area contributed by atoms with E-state index in [0.29, 0.717) is 53.2 Å². The number of phenols is 2. The van der Waals surface area contributed by atoms with Crippen molar-refractivity contribution in [3.63, 3.8) is 0 Å². The van der Waals surface area contributed by atoms with Crippen LogP contribution in [0.4, 0.5) is 0 Å². The molecule has 198 valence electrons. The van der Waals surface area contributed by atoms with Crippen molar-refractivity contribution in [2.24, 2.45) is 0 Å². The third-order valence-electron chi connectivity index (χ3n) is 6.73. The molecule has 8 N–H and O–H groups in total. The van der Waals surface area contributed by atoms with E-state index in [1.54, 1.807) is 31.2 Å². The third-order valence-corrected chi connectivity index (χ3v) is 6.73. The highest BCUT2D eigenvalue weighted by atomic mass is 16.4. The predicted molar refractivity (Wildman–Crippen MR) is 131 cm³/mol. The van der Waals surface area contributed by atoms with Gasteiger partial charge in [0.2, 0.25) is 0 Å². The Bertz CT molecular complexity index is 1030. The Morgan fingerprint density at radius 3 is 1.97 bits per heavy atom. The van der Waals surface area contributed by atoms with Crippen LogP contribution in [0.15, 0.2) is 36.4 Å². The Morgan fingerprint density at radius 1 is 0.833 bits per heavy atom. The molecule has 10 nitrogen and oxygen atoms in total. The molecular formula is C26H38N2O8+2. The number of quaternary nitrogens is 2. The van der Waals surface area contributed by atoms with Crippen LogP contribution in [0.2, 0.25) is 0 Å². The van der Waals surface area contributed by atoms with Gasteiger partial charge in [0.05, 0.1) is 25.7 Å². The molecule has 0 spiro atoms. The summed E-state index contributed by atoms with van der Waals surface area (Å²) in [6, 6.07) is 8.51. The van der Waals surface area contributed by atoms with Crippen LogP contribution in [0.1, 0.15) is 48.9 Å². The molecule has 0 aliphatic rings. The maximum absolute atomic E-state index is 11.8. The summed E-state index contributed by atoms with van der Waals surface area (Å²) in [5.41, 5.74) is 2.29. The standard InChI is InChI=1S/C26H36N2O8/c1-3-22(12-25(33)34)28(14-21-10-18(15-29)5-7-23(21)31)9-8-27(17(2)26(35)36)13-20-6-4-19(16-30)11-24(20)32/h4-7,10-11,17,22,29-32H,3,8-9,12-16H2,1-2H3,(H,33,34)(H,35,36)/p+2. The minimum atomic E-state index is -0.996. The monoisotopic (exact) mass is 506 g/mol. The van der Waals surface area contributed by atoms with Crippen molar-refractivity contribution < 1.29 is 50.0 Å². The largest absolute Gasteiger partial charge is 0.507 e. The van der Waals surface area contributed by atoms with E-state index >= 15 is 0 Å². The van der Waals surface area contributed by atoms with Crippen molar-refractivity contribution in [1.82, 2.24) is 0 Å². The zero-order chi connectivity index (χ0) is 26.8. The molecule has 0 saturated heterocycles. The van der Waals surface area contributed by atoms with E-state index in [-0.39, 0.29) is 43.7 Å². The Hall–Kier alpha value is -3.18. The summed E-state index contributed by atoms with van der Waals surface area (Å²) in [6.45, 7) is 4.36. The van der Waals surface area contributed by atoms with Crippen LogP contribution in [0.3, 0.4) is 0 Å². The van der Waals surface area contributed by atoms with Gasteiger partial charge in [0.25, 0.3) is 0 Å². The first-order chi connectivity index (χ1) is 17.1. The van der Waals surface area contributed by atoms with Crippen molar-refractivity contribution in [3.05, 3.63) is 58.7 Å². The van der Waals surface area contributed by atoms with E-state index in [2.05, 4.69) is 0 Å². The number of nitrogens with one attached hydrogen (secondary N) is 2. The zero-order valence-corrected chi connectivity index (χ0v) is 20.8. The predicted octanol–water partition coefficient (Wildman–Crippen LogP) is -0.721. The fourth-order valence-electron chi connectivity index (χ4n) is 4.40. The quantitative estimate of drug-likeness (QED) is 0.157. The van der Waals surface area contributed by atoms with Gasteiger partial charge in [-0.1, -0.05) is 19.1 Å². The Labute approximate surface area is 210 Å². The number of rotatable bonds is 15. The number of carboxylic acids is 2. The number of hydrogen-bond donors (Lipinski definition) is 8. The molecule has 2 aromatic carbocycles. The first-order valence-corrected chi connectivity index (χ1v) is 12.1. The molecule has 2 rings (SSSR count). The summed E-state index contributed by atoms with van der Waals surface area (Å²) >= 11 is 0. The number of aliphatic hydroxyl groups is 2. The smallest absolute Gasteiger partial charge is 0.362 e. The summed E-state index contributed by atoms with van der Waals surface area (Å²) < 4.78 is 0. The normalized spacial score (nSPS) is 14.7. The summed E-state index contributed by atoms with van der Waals surface area (Å²) in [5, 5.41) is 58.7. The van der Waals surface area contributed by atoms with E-state index in [0.717, 1.165) is 4.90 Å². The van der Waals surface area contributed by atoms with Gasteiger partial charge in [0.1, 0.15) is 37.7 Å². The molecule has 2 aromatic rings. The third kappa shape index (κ3) is 8.20. The van der Waals surface area contributed by atoms with Crippen LogP contribution in [-0.4, -0.2) is 67.8 Å². The SMILES string of the molecule is CCC(CC(=O)O)[NH+](CC[NH+](Cc1ccc(CO)cc1O)C(C)C(=O)O)Cc1cc(CO)ccc1O. The number of carboxylic acid groups (broad SMARTS) is 2. The molecule has 10 heteroatoms. The highest BCUT2D eigenvalue weighted by molar-refractivity contribution is 5.71. The van der Waals surface area contributed by atoms with E-state index in [1.165, 1.54) is 12.1 Å². The molecule has 0 radical (unpaired) electrons. The van der Waals surface area contributed by atoms with Gasteiger partial charge in [-0.3, -0.25) is 4.79 Å². The average Bonchev–Trinajstić information content (AvgIpc) is 2.85. The summed E-state index contributed by atoms with van der Waals surface area (Å²) in [5.74, 6) is -1.91. The van der Waals surface area contributed by atoms with Gasteiger partial charge in [0, 0.05) is 11.1 Å². The van der Waals surface area contributed by atoms with Gasteiger partial charge in [0.15, 0.2) is 6.04 Å². The van der Waals surface area contributed by atoms with E-state index in [9.17, 15) is 40.2 Å². The van der Waals surface area contributed by atoms with Crippen molar-refractivity contribution in [2.75, 3.05) is 13.1 Å². The second-order valence-electron chi connectivity index (χ2n) is 9.18. The highest BCUT2D eigenvalue weighted by Gasteiger charge is 2.30. The first kappa shape index (κ1) is 29.1. The minimum absolute atomic E-state index is 0.0242. The molecular weight excluding hydrogens is 468 g/mol. The van der Waals surface area contributed by atoms with Gasteiger partial charge in [-0.2, -0.15) is 0 Å². The lowest BCUT2D eigenvalue weighted by molar-refractivity contribution is -0.989. The Balaban J connectivity index is 2.32. The molecule has 0 aliphatic heterocycles. The van der Waals surface area contributed by atoms with Crippen molar-refractivity contribution >= 4 is 11.9 Å². The number of benzene rings is 2. The van der Waals surface area contributed by atoms with Crippen molar-refractivity contribution in [1.29, 1.82) is 0 Å². The lowest BCUT2D eigenvalue weighted by Gasteiger charge is -2.30. The Kier molecular flexibility index (Phi) is 11.1. The average molecular weight is 507 g/mol. The molecule has 0 amide bonds. The van der Waals surface area contributed by atoms with E-state index < -0.39 is 18.0 Å². The number of aromatic hydroxyl groups is 2. The molecule has 0 fully saturated rings. The van der Waals surface area contributed by atoms with Gasteiger partial charge in [-0.15, -0.1) is 0 Å². The summed E-state index contributed by atoms with van der Waals surface area (Å²) in [7, 11) is 0. The van der Waals surface area contributed by atoms with Crippen molar-refractivity contribution in [3.8, 4) is 11.5 Å². The van der Waals surface area contributed by atoms with Gasteiger partial charge in [-0.05, 0) is 48.7 Å². The van der Waals surface area contributed by atoms with Gasteiger partial charge in [-0.25, -0.2) is 4.79 Å². The molecule has 0 heterocycles. The molecule has 0 aliphatic carbocycles. The molecule has 4 atom stereocenters. The zero-order valence-electron chi connectivity index (χ0n) is 20.8. The van der Waals surface area contributed by atoms with Crippen LogP contribution in [0, 0.1) is 0 Å². The van der Waals surface area contributed by atoms with Gasteiger partial charge >= 0.3 is 11.9 Å². The Morgan fingerprint density at radius 2 is 1.42 bits per heavy atom.